The molecule has 0 rings (SSSR count). The Balaban J connectivity index is 4.12. The molecular weight excluding hydrogens is 182 g/mol. The highest BCUT2D eigenvalue weighted by Gasteiger charge is 2.19. The second-order valence-electron chi connectivity index (χ2n) is 3.48. The molecule has 0 saturated carbocycles. The van der Waals surface area contributed by atoms with Gasteiger partial charge in [0.15, 0.2) is 0 Å². The van der Waals surface area contributed by atoms with Gasteiger partial charge in [0.2, 0.25) is 11.8 Å². The highest BCUT2D eigenvalue weighted by Crippen LogP contribution is 1.92. The van der Waals surface area contributed by atoms with Gasteiger partial charge in [0.05, 0.1) is 6.04 Å². The van der Waals surface area contributed by atoms with Gasteiger partial charge in [-0.05, 0) is 27.9 Å². The first kappa shape index (κ1) is 12.9. The van der Waals surface area contributed by atoms with E-state index in [1.54, 1.807) is 25.8 Å². The Labute approximate surface area is 84.8 Å². The summed E-state index contributed by atoms with van der Waals surface area (Å²) in [6.45, 7) is 3.44. The number of nitrogens with zero attached hydrogens (tertiary/aromatic N) is 1. The number of hydrogen-bond acceptors (Lipinski definition) is 3. The third-order valence-corrected chi connectivity index (χ3v) is 2.15. The van der Waals surface area contributed by atoms with Gasteiger partial charge in [-0.1, -0.05) is 0 Å². The van der Waals surface area contributed by atoms with Crippen molar-refractivity contribution in [1.29, 1.82) is 0 Å². The molecule has 0 aromatic carbocycles. The van der Waals surface area contributed by atoms with E-state index in [-0.39, 0.29) is 17.9 Å². The predicted octanol–water partition coefficient (Wildman–Crippen LogP) is -0.813. The molecule has 0 radical (unpaired) electrons. The summed E-state index contributed by atoms with van der Waals surface area (Å²) in [5.74, 6) is -0.338. The maximum absolute atomic E-state index is 11.5. The van der Waals surface area contributed by atoms with Crippen LogP contribution in [0.15, 0.2) is 0 Å². The van der Waals surface area contributed by atoms with Gasteiger partial charge in [0, 0.05) is 7.05 Å². The summed E-state index contributed by atoms with van der Waals surface area (Å²) in [6, 6.07) is -0.725. The first-order chi connectivity index (χ1) is 6.40. The molecule has 0 aliphatic rings. The monoisotopic (exact) mass is 201 g/mol. The van der Waals surface area contributed by atoms with Crippen molar-refractivity contribution in [3.05, 3.63) is 0 Å². The van der Waals surface area contributed by atoms with Crippen molar-refractivity contribution in [2.45, 2.75) is 25.9 Å². The lowest BCUT2D eigenvalue weighted by molar-refractivity contribution is -0.130. The van der Waals surface area contributed by atoms with Gasteiger partial charge in [0.25, 0.3) is 0 Å². The molecule has 0 fully saturated rings. The second-order valence-corrected chi connectivity index (χ2v) is 3.48. The highest BCUT2D eigenvalue weighted by atomic mass is 16.2. The average Bonchev–Trinajstić information content (AvgIpc) is 2.14. The smallest absolute Gasteiger partial charge is 0.242 e. The fraction of sp³-hybridized carbons (Fsp3) is 0.778. The maximum atomic E-state index is 11.5. The van der Waals surface area contributed by atoms with Crippen molar-refractivity contribution >= 4 is 11.8 Å². The van der Waals surface area contributed by atoms with Gasteiger partial charge in [-0.25, -0.2) is 0 Å². The Morgan fingerprint density at radius 1 is 1.14 bits per heavy atom. The first-order valence-electron chi connectivity index (χ1n) is 4.58. The SMILES string of the molecule is CNC(=O)C(C)NC(=O)C(C)N(C)C. The van der Waals surface area contributed by atoms with Crippen LogP contribution in [0.1, 0.15) is 13.8 Å². The lowest BCUT2D eigenvalue weighted by Gasteiger charge is -2.21. The van der Waals surface area contributed by atoms with E-state index in [0.717, 1.165) is 0 Å². The van der Waals surface area contributed by atoms with Crippen molar-refractivity contribution in [3.63, 3.8) is 0 Å². The summed E-state index contributed by atoms with van der Waals surface area (Å²) in [7, 11) is 5.17. The predicted molar refractivity (Wildman–Crippen MR) is 54.8 cm³/mol. The zero-order chi connectivity index (χ0) is 11.3. The highest BCUT2D eigenvalue weighted by molar-refractivity contribution is 5.89. The Morgan fingerprint density at radius 3 is 2.00 bits per heavy atom. The van der Waals surface area contributed by atoms with E-state index >= 15 is 0 Å². The molecule has 2 atom stereocenters. The van der Waals surface area contributed by atoms with Crippen LogP contribution in [0.5, 0.6) is 0 Å². The van der Waals surface area contributed by atoms with Crippen molar-refractivity contribution in [3.8, 4) is 0 Å². The molecule has 14 heavy (non-hydrogen) atoms. The first-order valence-corrected chi connectivity index (χ1v) is 4.58. The average molecular weight is 201 g/mol. The van der Waals surface area contributed by atoms with Crippen LogP contribution in [-0.4, -0.2) is 49.9 Å². The topological polar surface area (TPSA) is 61.4 Å². The van der Waals surface area contributed by atoms with Crippen molar-refractivity contribution < 1.29 is 9.59 Å². The molecule has 5 heteroatoms. The van der Waals surface area contributed by atoms with Gasteiger partial charge < -0.3 is 10.6 Å². The Kier molecular flexibility index (Phi) is 5.15. The van der Waals surface area contributed by atoms with Crippen molar-refractivity contribution in [1.82, 2.24) is 15.5 Å². The fourth-order valence-corrected chi connectivity index (χ4v) is 0.851. The van der Waals surface area contributed by atoms with Crippen LogP contribution in [0.25, 0.3) is 0 Å². The summed E-state index contributed by atoms with van der Waals surface area (Å²) in [4.78, 5) is 24.4. The lowest BCUT2D eigenvalue weighted by Crippen LogP contribution is -2.49. The van der Waals surface area contributed by atoms with Crippen molar-refractivity contribution in [2.24, 2.45) is 0 Å². The molecule has 0 aromatic heterocycles. The minimum absolute atomic E-state index is 0.147. The number of nitrogens with one attached hydrogen (secondary N) is 2. The van der Waals surface area contributed by atoms with Crippen molar-refractivity contribution in [2.75, 3.05) is 21.1 Å². The summed E-state index contributed by atoms with van der Waals surface area (Å²) in [5, 5.41) is 5.09. The van der Waals surface area contributed by atoms with E-state index in [1.807, 2.05) is 14.1 Å². The van der Waals surface area contributed by atoms with E-state index < -0.39 is 6.04 Å². The largest absolute Gasteiger partial charge is 0.357 e. The van der Waals surface area contributed by atoms with E-state index in [2.05, 4.69) is 10.6 Å². The van der Waals surface area contributed by atoms with Crippen LogP contribution in [0.2, 0.25) is 0 Å². The van der Waals surface area contributed by atoms with E-state index in [0.29, 0.717) is 0 Å². The summed E-state index contributed by atoms with van der Waals surface area (Å²) in [6.07, 6.45) is 0. The summed E-state index contributed by atoms with van der Waals surface area (Å²) < 4.78 is 0. The molecule has 0 aromatic rings. The minimum Gasteiger partial charge on any atom is -0.357 e. The number of likely N-dealkylation sites (N-methyl/N-ethyl adjacent to an activating group) is 2. The Morgan fingerprint density at radius 2 is 1.64 bits per heavy atom. The molecule has 2 unspecified atom stereocenters. The number of carbonyl (C=O) groups is 2. The third kappa shape index (κ3) is 3.74. The van der Waals surface area contributed by atoms with Crippen LogP contribution < -0.4 is 10.6 Å². The molecule has 0 spiro atoms. The Bertz CT molecular complexity index is 216. The fourth-order valence-electron chi connectivity index (χ4n) is 0.851. The molecule has 5 nitrogen and oxygen atoms in total. The molecule has 0 bridgehead atoms. The third-order valence-electron chi connectivity index (χ3n) is 2.15. The van der Waals surface area contributed by atoms with Crippen LogP contribution in [-0.2, 0) is 9.59 Å². The minimum atomic E-state index is -0.491. The normalized spacial score (nSPS) is 14.7. The number of rotatable bonds is 4. The maximum Gasteiger partial charge on any atom is 0.242 e. The molecule has 2 N–H and O–H groups in total. The molecule has 0 aliphatic carbocycles. The molecular formula is C9H19N3O2. The number of hydrogen-bond donors (Lipinski definition) is 2. The quantitative estimate of drug-likeness (QED) is 0.625. The van der Waals surface area contributed by atoms with E-state index in [9.17, 15) is 9.59 Å². The molecule has 0 heterocycles. The molecule has 82 valence electrons. The van der Waals surface area contributed by atoms with Crippen LogP contribution in [0.4, 0.5) is 0 Å². The summed E-state index contributed by atoms with van der Waals surface area (Å²) >= 11 is 0. The molecule has 2 amide bonds. The molecule has 0 aliphatic heterocycles. The van der Waals surface area contributed by atoms with E-state index in [4.69, 9.17) is 0 Å². The van der Waals surface area contributed by atoms with Gasteiger partial charge in [-0.2, -0.15) is 0 Å². The zero-order valence-electron chi connectivity index (χ0n) is 9.42. The summed E-state index contributed by atoms with van der Waals surface area (Å²) in [5.41, 5.74) is 0. The van der Waals surface area contributed by atoms with E-state index in [1.165, 1.54) is 0 Å². The lowest BCUT2D eigenvalue weighted by atomic mass is 10.2. The molecule has 0 saturated heterocycles. The number of amides is 2. The van der Waals surface area contributed by atoms with Crippen LogP contribution in [0, 0.1) is 0 Å². The second kappa shape index (κ2) is 5.59. The van der Waals surface area contributed by atoms with Crippen LogP contribution >= 0.6 is 0 Å². The van der Waals surface area contributed by atoms with Gasteiger partial charge >= 0.3 is 0 Å². The standard InChI is InChI=1S/C9H19N3O2/c1-6(8(13)10-3)11-9(14)7(2)12(4)5/h6-7H,1-5H3,(H,10,13)(H,11,14). The van der Waals surface area contributed by atoms with Crippen LogP contribution in [0.3, 0.4) is 0 Å². The zero-order valence-corrected chi connectivity index (χ0v) is 9.42. The Hall–Kier alpha value is -1.10. The van der Waals surface area contributed by atoms with Gasteiger partial charge in [-0.15, -0.1) is 0 Å². The van der Waals surface area contributed by atoms with Gasteiger partial charge in [0.1, 0.15) is 6.04 Å². The van der Waals surface area contributed by atoms with Gasteiger partial charge in [-0.3, -0.25) is 14.5 Å². The number of carbonyl (C=O) groups excluding carboxylic acids is 2.